The second-order valence-electron chi connectivity index (χ2n) is 6.63. The number of nitriles is 1. The first kappa shape index (κ1) is 19.8. The molecule has 0 fully saturated rings. The molecule has 0 unspecified atom stereocenters. The third-order valence-corrected chi connectivity index (χ3v) is 5.03. The molecule has 0 saturated carbocycles. The number of nitro benzene ring substituents is 1. The van der Waals surface area contributed by atoms with Gasteiger partial charge in [0.15, 0.2) is 11.5 Å². The van der Waals surface area contributed by atoms with Crippen molar-refractivity contribution in [2.75, 3.05) is 14.2 Å². The Morgan fingerprint density at radius 2 is 2.03 bits per heavy atom. The molecular formula is C21H17N5O5. The number of nitrogens with zero attached hydrogens (tertiary/aromatic N) is 3. The first-order chi connectivity index (χ1) is 15.0. The average molecular weight is 419 g/mol. The van der Waals surface area contributed by atoms with Crippen LogP contribution in [0, 0.1) is 21.4 Å². The van der Waals surface area contributed by atoms with Crippen LogP contribution in [0.5, 0.6) is 17.4 Å². The molecule has 3 aromatic rings. The number of ether oxygens (including phenoxy) is 3. The van der Waals surface area contributed by atoms with Gasteiger partial charge in [0.1, 0.15) is 11.6 Å². The van der Waals surface area contributed by atoms with Gasteiger partial charge >= 0.3 is 0 Å². The Hall–Kier alpha value is -4.52. The molecule has 0 bridgehead atoms. The number of hydrogen-bond acceptors (Lipinski definition) is 8. The van der Waals surface area contributed by atoms with E-state index in [9.17, 15) is 15.4 Å². The highest BCUT2D eigenvalue weighted by molar-refractivity contribution is 5.73. The van der Waals surface area contributed by atoms with Gasteiger partial charge in [0.2, 0.25) is 11.8 Å². The Morgan fingerprint density at radius 1 is 1.26 bits per heavy atom. The summed E-state index contributed by atoms with van der Waals surface area (Å²) in [4.78, 5) is 10.8. The number of hydrogen-bond donors (Lipinski definition) is 2. The van der Waals surface area contributed by atoms with Crippen molar-refractivity contribution in [3.05, 3.63) is 75.2 Å². The maximum atomic E-state index is 11.3. The molecule has 1 aromatic heterocycles. The molecule has 3 N–H and O–H groups in total. The number of H-pyrrole nitrogens is 1. The minimum atomic E-state index is -0.702. The molecule has 10 nitrogen and oxygen atoms in total. The minimum Gasteiger partial charge on any atom is -0.493 e. The Balaban J connectivity index is 1.99. The minimum absolute atomic E-state index is 0.0800. The van der Waals surface area contributed by atoms with Gasteiger partial charge in [-0.05, 0) is 6.07 Å². The van der Waals surface area contributed by atoms with E-state index in [1.54, 1.807) is 30.3 Å². The lowest BCUT2D eigenvalue weighted by Gasteiger charge is -2.26. The number of nitro groups is 1. The third kappa shape index (κ3) is 3.18. The van der Waals surface area contributed by atoms with Gasteiger partial charge in [-0.15, -0.1) is 5.10 Å². The van der Waals surface area contributed by atoms with Crippen LogP contribution in [0.1, 0.15) is 17.0 Å². The zero-order valence-corrected chi connectivity index (χ0v) is 16.6. The van der Waals surface area contributed by atoms with Gasteiger partial charge in [-0.2, -0.15) is 5.26 Å². The van der Waals surface area contributed by atoms with Crippen LogP contribution in [0.2, 0.25) is 0 Å². The van der Waals surface area contributed by atoms with Gasteiger partial charge in [-0.25, -0.2) is 0 Å². The highest BCUT2D eigenvalue weighted by Gasteiger charge is 2.37. The van der Waals surface area contributed by atoms with E-state index >= 15 is 0 Å². The molecular weight excluding hydrogens is 402 g/mol. The first-order valence-corrected chi connectivity index (χ1v) is 9.11. The van der Waals surface area contributed by atoms with E-state index in [2.05, 4.69) is 16.3 Å². The SMILES string of the molecule is COc1cccc([C@H]2C(C#N)=C(N)Oc3n[nH]c(-c4cccc([N+](=O)[O-])c4)c32)c1OC. The van der Waals surface area contributed by atoms with Crippen molar-refractivity contribution in [1.29, 1.82) is 5.26 Å². The fourth-order valence-electron chi connectivity index (χ4n) is 3.69. The van der Waals surface area contributed by atoms with Crippen LogP contribution in [0.3, 0.4) is 0 Å². The zero-order valence-electron chi connectivity index (χ0n) is 16.6. The smallest absolute Gasteiger partial charge is 0.270 e. The van der Waals surface area contributed by atoms with Gasteiger partial charge in [0.05, 0.1) is 36.3 Å². The van der Waals surface area contributed by atoms with Crippen LogP contribution in [-0.4, -0.2) is 29.3 Å². The van der Waals surface area contributed by atoms with Crippen molar-refractivity contribution < 1.29 is 19.1 Å². The second-order valence-corrected chi connectivity index (χ2v) is 6.63. The van der Waals surface area contributed by atoms with Crippen molar-refractivity contribution in [3.63, 3.8) is 0 Å². The van der Waals surface area contributed by atoms with Gasteiger partial charge in [-0.1, -0.05) is 24.3 Å². The molecule has 0 saturated heterocycles. The Bertz CT molecular complexity index is 1260. The van der Waals surface area contributed by atoms with E-state index in [4.69, 9.17) is 19.9 Å². The molecule has 1 atom stereocenters. The summed E-state index contributed by atoms with van der Waals surface area (Å²) < 4.78 is 16.6. The predicted molar refractivity (Wildman–Crippen MR) is 110 cm³/mol. The lowest BCUT2D eigenvalue weighted by Crippen LogP contribution is -2.21. The fraction of sp³-hybridized carbons (Fsp3) is 0.143. The van der Waals surface area contributed by atoms with Crippen molar-refractivity contribution in [1.82, 2.24) is 10.2 Å². The highest BCUT2D eigenvalue weighted by Crippen LogP contribution is 2.49. The van der Waals surface area contributed by atoms with E-state index < -0.39 is 10.8 Å². The molecule has 1 aliphatic rings. The number of benzene rings is 2. The highest BCUT2D eigenvalue weighted by atomic mass is 16.6. The largest absolute Gasteiger partial charge is 0.493 e. The standard InChI is InChI=1S/C21H17N5O5/c1-29-15-8-4-7-13(19(15)30-2)16-14(10-22)20(23)31-21-17(16)18(24-25-21)11-5-3-6-12(9-11)26(27)28/h3-9,16H,23H2,1-2H3,(H,24,25)/t16-/m0/s1. The lowest BCUT2D eigenvalue weighted by molar-refractivity contribution is -0.384. The average Bonchev–Trinajstić information content (AvgIpc) is 3.20. The zero-order chi connectivity index (χ0) is 22.1. The van der Waals surface area contributed by atoms with Crippen molar-refractivity contribution in [2.24, 2.45) is 5.73 Å². The maximum absolute atomic E-state index is 11.3. The van der Waals surface area contributed by atoms with Crippen molar-refractivity contribution in [2.45, 2.75) is 5.92 Å². The Morgan fingerprint density at radius 3 is 2.71 bits per heavy atom. The number of nitrogens with one attached hydrogen (secondary N) is 1. The number of rotatable bonds is 5. The molecule has 0 aliphatic carbocycles. The molecule has 1 aliphatic heterocycles. The Kier molecular flexibility index (Phi) is 4.92. The monoisotopic (exact) mass is 419 g/mol. The summed E-state index contributed by atoms with van der Waals surface area (Å²) in [6, 6.07) is 13.5. The van der Waals surface area contributed by atoms with Crippen LogP contribution < -0.4 is 19.9 Å². The first-order valence-electron chi connectivity index (χ1n) is 9.11. The quantitative estimate of drug-likeness (QED) is 0.473. The van der Waals surface area contributed by atoms with E-state index in [1.165, 1.54) is 26.4 Å². The van der Waals surface area contributed by atoms with Gasteiger partial charge < -0.3 is 19.9 Å². The van der Waals surface area contributed by atoms with Crippen LogP contribution in [0.25, 0.3) is 11.3 Å². The second kappa shape index (κ2) is 7.72. The normalized spacial score (nSPS) is 14.9. The predicted octanol–water partition coefficient (Wildman–Crippen LogP) is 3.22. The topological polar surface area (TPSA) is 149 Å². The van der Waals surface area contributed by atoms with Crippen LogP contribution >= 0.6 is 0 Å². The molecule has 0 radical (unpaired) electrons. The molecule has 4 rings (SSSR count). The summed E-state index contributed by atoms with van der Waals surface area (Å²) in [6.45, 7) is 0. The fourth-order valence-corrected chi connectivity index (χ4v) is 3.69. The summed E-state index contributed by atoms with van der Waals surface area (Å²) in [5.41, 5.74) is 8.20. The number of nitrogens with two attached hydrogens (primary N) is 1. The van der Waals surface area contributed by atoms with Crippen molar-refractivity contribution in [3.8, 4) is 34.7 Å². The van der Waals surface area contributed by atoms with Crippen LogP contribution in [0.4, 0.5) is 5.69 Å². The number of allylic oxidation sites excluding steroid dienone is 1. The van der Waals surface area contributed by atoms with Gasteiger partial charge in [0, 0.05) is 23.3 Å². The summed E-state index contributed by atoms with van der Waals surface area (Å²) in [5.74, 6) is 0.292. The van der Waals surface area contributed by atoms with E-state index in [1.807, 2.05) is 0 Å². The number of fused-ring (bicyclic) bond motifs is 1. The van der Waals surface area contributed by atoms with Crippen LogP contribution in [-0.2, 0) is 0 Å². The van der Waals surface area contributed by atoms with Crippen molar-refractivity contribution >= 4 is 5.69 Å². The Labute approximate surface area is 176 Å². The number of aromatic amines is 1. The molecule has 10 heteroatoms. The summed E-state index contributed by atoms with van der Waals surface area (Å²) >= 11 is 0. The maximum Gasteiger partial charge on any atom is 0.270 e. The summed E-state index contributed by atoms with van der Waals surface area (Å²) in [7, 11) is 3.01. The lowest BCUT2D eigenvalue weighted by atomic mass is 9.82. The number of methoxy groups -OCH3 is 2. The molecule has 0 spiro atoms. The van der Waals surface area contributed by atoms with E-state index in [0.29, 0.717) is 33.9 Å². The summed E-state index contributed by atoms with van der Waals surface area (Å²) in [5, 5.41) is 28.2. The summed E-state index contributed by atoms with van der Waals surface area (Å²) in [6.07, 6.45) is 0. The number of para-hydroxylation sites is 1. The molecule has 0 amide bonds. The van der Waals surface area contributed by atoms with E-state index in [0.717, 1.165) is 0 Å². The molecule has 31 heavy (non-hydrogen) atoms. The molecule has 2 aromatic carbocycles. The molecule has 156 valence electrons. The van der Waals surface area contributed by atoms with Gasteiger partial charge in [-0.3, -0.25) is 15.2 Å². The van der Waals surface area contributed by atoms with E-state index in [-0.39, 0.29) is 23.0 Å². The van der Waals surface area contributed by atoms with Gasteiger partial charge in [0.25, 0.3) is 5.69 Å². The third-order valence-electron chi connectivity index (χ3n) is 5.03. The number of aromatic nitrogens is 2. The molecule has 2 heterocycles. The number of non-ortho nitro benzene ring substituents is 1. The van der Waals surface area contributed by atoms with Crippen LogP contribution in [0.15, 0.2) is 53.9 Å².